The van der Waals surface area contributed by atoms with Crippen LogP contribution in [-0.2, 0) is 10.2 Å². The van der Waals surface area contributed by atoms with Crippen LogP contribution in [0.2, 0.25) is 0 Å². The van der Waals surface area contributed by atoms with Crippen LogP contribution in [0.4, 0.5) is 0 Å². The molecule has 1 N–H and O–H groups in total. The van der Waals surface area contributed by atoms with Crippen molar-refractivity contribution >= 4 is 34.2 Å². The molecule has 5 heteroatoms. The summed E-state index contributed by atoms with van der Waals surface area (Å²) in [6, 6.07) is 8.29. The van der Waals surface area contributed by atoms with E-state index < -0.39 is 0 Å². The average molecular weight is 388 g/mol. The maximum absolute atomic E-state index is 13.0. The lowest BCUT2D eigenvalue weighted by atomic mass is 9.91. The van der Waals surface area contributed by atoms with Gasteiger partial charge in [-0.25, -0.2) is 0 Å². The quantitative estimate of drug-likeness (QED) is 0.859. The number of nitrogens with zero attached hydrogens (tertiary/aromatic N) is 1. The second-order valence-corrected chi connectivity index (χ2v) is 7.32. The molecule has 0 aromatic heterocycles. The summed E-state index contributed by atoms with van der Waals surface area (Å²) in [7, 11) is 1.99. The standard InChI is InChI=1S/C17H23BrN2O.ClH/c1-19-11-13-3-2-10-20(12-13)16(21)17(8-9-17)14-4-6-15(18)7-5-14;/h4-7,13,19H,2-3,8-12H2,1H3;1H. The number of rotatable bonds is 4. The highest BCUT2D eigenvalue weighted by Gasteiger charge is 2.53. The van der Waals surface area contributed by atoms with Crippen molar-refractivity contribution in [1.29, 1.82) is 0 Å². The van der Waals surface area contributed by atoms with Gasteiger partial charge in [0.05, 0.1) is 5.41 Å². The van der Waals surface area contributed by atoms with Crippen LogP contribution in [0.3, 0.4) is 0 Å². The highest BCUT2D eigenvalue weighted by Crippen LogP contribution is 2.50. The van der Waals surface area contributed by atoms with Gasteiger partial charge < -0.3 is 10.2 Å². The lowest BCUT2D eigenvalue weighted by Gasteiger charge is -2.35. The maximum atomic E-state index is 13.0. The molecule has 1 unspecified atom stereocenters. The predicted molar refractivity (Wildman–Crippen MR) is 95.5 cm³/mol. The van der Waals surface area contributed by atoms with E-state index in [1.807, 2.05) is 19.2 Å². The molecule has 2 aliphatic rings. The summed E-state index contributed by atoms with van der Waals surface area (Å²) < 4.78 is 1.07. The Labute approximate surface area is 147 Å². The molecule has 1 aliphatic heterocycles. The summed E-state index contributed by atoms with van der Waals surface area (Å²) in [6.07, 6.45) is 4.37. The fourth-order valence-corrected chi connectivity index (χ4v) is 3.79. The third kappa shape index (κ3) is 3.50. The molecule has 1 atom stereocenters. The highest BCUT2D eigenvalue weighted by atomic mass is 79.9. The summed E-state index contributed by atoms with van der Waals surface area (Å²) in [4.78, 5) is 15.1. The van der Waals surface area contributed by atoms with Crippen molar-refractivity contribution in [3.05, 3.63) is 34.3 Å². The van der Waals surface area contributed by atoms with Crippen molar-refractivity contribution in [2.24, 2.45) is 5.92 Å². The monoisotopic (exact) mass is 386 g/mol. The topological polar surface area (TPSA) is 32.3 Å². The molecule has 1 heterocycles. The Kier molecular flexibility index (Phi) is 5.92. The number of likely N-dealkylation sites (tertiary alicyclic amines) is 1. The van der Waals surface area contributed by atoms with Gasteiger partial charge in [0.15, 0.2) is 0 Å². The SMILES string of the molecule is CNCC1CCCN(C(=O)C2(c3ccc(Br)cc3)CC2)C1.Cl. The molecule has 22 heavy (non-hydrogen) atoms. The fourth-order valence-electron chi connectivity index (χ4n) is 3.53. The zero-order valence-corrected chi connectivity index (χ0v) is 15.4. The van der Waals surface area contributed by atoms with Crippen LogP contribution in [0.25, 0.3) is 0 Å². The summed E-state index contributed by atoms with van der Waals surface area (Å²) in [5, 5.41) is 3.25. The molecule has 1 aromatic rings. The van der Waals surface area contributed by atoms with Gasteiger partial charge in [0.25, 0.3) is 0 Å². The molecule has 0 radical (unpaired) electrons. The number of hydrogen-bond acceptors (Lipinski definition) is 2. The Morgan fingerprint density at radius 3 is 2.64 bits per heavy atom. The smallest absolute Gasteiger partial charge is 0.233 e. The van der Waals surface area contributed by atoms with Gasteiger partial charge in [-0.1, -0.05) is 28.1 Å². The molecule has 122 valence electrons. The third-order valence-electron chi connectivity index (χ3n) is 4.86. The largest absolute Gasteiger partial charge is 0.342 e. The molecule has 1 saturated carbocycles. The number of carbonyl (C=O) groups is 1. The van der Waals surface area contributed by atoms with Crippen LogP contribution in [0.15, 0.2) is 28.7 Å². The Morgan fingerprint density at radius 1 is 1.36 bits per heavy atom. The van der Waals surface area contributed by atoms with E-state index in [1.165, 1.54) is 12.0 Å². The normalized spacial score (nSPS) is 22.8. The summed E-state index contributed by atoms with van der Waals surface area (Å²) >= 11 is 3.47. The number of halogens is 2. The lowest BCUT2D eigenvalue weighted by molar-refractivity contribution is -0.135. The van der Waals surface area contributed by atoms with Crippen LogP contribution < -0.4 is 5.32 Å². The first-order valence-corrected chi connectivity index (χ1v) is 8.65. The van der Waals surface area contributed by atoms with E-state index in [0.717, 1.165) is 43.4 Å². The number of piperidine rings is 1. The van der Waals surface area contributed by atoms with Gasteiger partial charge in [-0.05, 0) is 62.9 Å². The van der Waals surface area contributed by atoms with Crippen LogP contribution in [-0.4, -0.2) is 37.5 Å². The number of carbonyl (C=O) groups excluding carboxylic acids is 1. The van der Waals surface area contributed by atoms with Crippen molar-refractivity contribution in [3.8, 4) is 0 Å². The Balaban J connectivity index is 0.00000176. The molecule has 1 amide bonds. The van der Waals surface area contributed by atoms with Crippen molar-refractivity contribution in [3.63, 3.8) is 0 Å². The van der Waals surface area contributed by atoms with Gasteiger partial charge in [-0.3, -0.25) is 4.79 Å². The maximum Gasteiger partial charge on any atom is 0.233 e. The molecule has 1 aromatic carbocycles. The van der Waals surface area contributed by atoms with E-state index >= 15 is 0 Å². The molecule has 1 saturated heterocycles. The Morgan fingerprint density at radius 2 is 2.05 bits per heavy atom. The molecule has 3 rings (SSSR count). The molecular formula is C17H24BrClN2O. The zero-order valence-electron chi connectivity index (χ0n) is 13.0. The number of hydrogen-bond donors (Lipinski definition) is 1. The first kappa shape index (κ1) is 17.8. The Bertz CT molecular complexity index is 514. The second-order valence-electron chi connectivity index (χ2n) is 6.41. The predicted octanol–water partition coefficient (Wildman–Crippen LogP) is 3.36. The van der Waals surface area contributed by atoms with Gasteiger partial charge in [0.1, 0.15) is 0 Å². The first-order chi connectivity index (χ1) is 10.2. The van der Waals surface area contributed by atoms with E-state index in [1.54, 1.807) is 0 Å². The molecule has 1 aliphatic carbocycles. The van der Waals surface area contributed by atoms with E-state index in [0.29, 0.717) is 11.8 Å². The number of benzene rings is 1. The van der Waals surface area contributed by atoms with Crippen molar-refractivity contribution in [2.75, 3.05) is 26.7 Å². The summed E-state index contributed by atoms with van der Waals surface area (Å²) in [6.45, 7) is 2.85. The summed E-state index contributed by atoms with van der Waals surface area (Å²) in [5.74, 6) is 0.957. The molecule has 3 nitrogen and oxygen atoms in total. The minimum absolute atomic E-state index is 0. The minimum Gasteiger partial charge on any atom is -0.342 e. The number of amides is 1. The van der Waals surface area contributed by atoms with Gasteiger partial charge in [0.2, 0.25) is 5.91 Å². The van der Waals surface area contributed by atoms with Crippen LogP contribution in [0.5, 0.6) is 0 Å². The zero-order chi connectivity index (χ0) is 14.9. The molecular weight excluding hydrogens is 364 g/mol. The molecule has 2 fully saturated rings. The van der Waals surface area contributed by atoms with Crippen LogP contribution in [0, 0.1) is 5.92 Å². The van der Waals surface area contributed by atoms with Gasteiger partial charge in [0, 0.05) is 17.6 Å². The molecule has 0 bridgehead atoms. The first-order valence-electron chi connectivity index (χ1n) is 7.86. The van der Waals surface area contributed by atoms with Gasteiger partial charge >= 0.3 is 0 Å². The minimum atomic E-state index is -0.220. The average Bonchev–Trinajstić information content (AvgIpc) is 3.29. The highest BCUT2D eigenvalue weighted by molar-refractivity contribution is 9.10. The Hall–Kier alpha value is -0.580. The van der Waals surface area contributed by atoms with Gasteiger partial charge in [-0.15, -0.1) is 12.4 Å². The van der Waals surface area contributed by atoms with E-state index in [4.69, 9.17) is 0 Å². The van der Waals surface area contributed by atoms with Crippen LogP contribution in [0.1, 0.15) is 31.2 Å². The van der Waals surface area contributed by atoms with E-state index in [-0.39, 0.29) is 17.8 Å². The van der Waals surface area contributed by atoms with Crippen LogP contribution >= 0.6 is 28.3 Å². The molecule has 0 spiro atoms. The number of nitrogens with one attached hydrogen (secondary N) is 1. The van der Waals surface area contributed by atoms with Crippen molar-refractivity contribution in [2.45, 2.75) is 31.1 Å². The van der Waals surface area contributed by atoms with Crippen molar-refractivity contribution < 1.29 is 4.79 Å². The van der Waals surface area contributed by atoms with Crippen molar-refractivity contribution in [1.82, 2.24) is 10.2 Å². The second kappa shape index (κ2) is 7.33. The van der Waals surface area contributed by atoms with Gasteiger partial charge in [-0.2, -0.15) is 0 Å². The summed E-state index contributed by atoms with van der Waals surface area (Å²) in [5.41, 5.74) is 0.967. The fraction of sp³-hybridized carbons (Fsp3) is 0.588. The lowest BCUT2D eigenvalue weighted by Crippen LogP contribution is -2.46. The van der Waals surface area contributed by atoms with E-state index in [2.05, 4.69) is 38.3 Å². The third-order valence-corrected chi connectivity index (χ3v) is 5.38. The van der Waals surface area contributed by atoms with E-state index in [9.17, 15) is 4.79 Å².